The third kappa shape index (κ3) is 11.0. The number of carbonyl (C=O) groups excluding carboxylic acids is 2. The second-order valence-corrected chi connectivity index (χ2v) is 7.53. The van der Waals surface area contributed by atoms with Gasteiger partial charge >= 0.3 is 11.9 Å². The van der Waals surface area contributed by atoms with Crippen molar-refractivity contribution in [2.24, 2.45) is 0 Å². The van der Waals surface area contributed by atoms with Gasteiger partial charge in [-0.3, -0.25) is 9.59 Å². The molecule has 0 spiro atoms. The standard InChI is InChI=1S/C22H33ClO4/c1-4-5-6-7-8-9-11-18(3)26-21(24)12-10-13-22(25)27-20-16-17(2)14-15-19(20)23/h14-16,18H,4-13H2,1-3H3. The van der Waals surface area contributed by atoms with Gasteiger partial charge in [0.25, 0.3) is 0 Å². The fourth-order valence-electron chi connectivity index (χ4n) is 2.79. The normalized spacial score (nSPS) is 11.9. The summed E-state index contributed by atoms with van der Waals surface area (Å²) in [5.74, 6) is -0.290. The van der Waals surface area contributed by atoms with Gasteiger partial charge < -0.3 is 9.47 Å². The minimum absolute atomic E-state index is 0.0678. The molecule has 0 amide bonds. The number of esters is 2. The Kier molecular flexibility index (Phi) is 11.8. The van der Waals surface area contributed by atoms with Crippen LogP contribution in [0.4, 0.5) is 0 Å². The molecule has 0 bridgehead atoms. The Hall–Kier alpha value is -1.55. The van der Waals surface area contributed by atoms with Crippen LogP contribution in [0.2, 0.25) is 5.02 Å². The van der Waals surface area contributed by atoms with Crippen molar-refractivity contribution < 1.29 is 19.1 Å². The predicted molar refractivity (Wildman–Crippen MR) is 109 cm³/mol. The van der Waals surface area contributed by atoms with Gasteiger partial charge in [0.15, 0.2) is 0 Å². The summed E-state index contributed by atoms with van der Waals surface area (Å²) < 4.78 is 10.7. The van der Waals surface area contributed by atoms with E-state index in [-0.39, 0.29) is 24.9 Å². The maximum Gasteiger partial charge on any atom is 0.311 e. The third-order valence-corrected chi connectivity index (χ3v) is 4.68. The molecule has 0 aliphatic heterocycles. The Morgan fingerprint density at radius 1 is 1.00 bits per heavy atom. The molecule has 152 valence electrons. The monoisotopic (exact) mass is 396 g/mol. The zero-order chi connectivity index (χ0) is 20.1. The Bertz CT molecular complexity index is 586. The zero-order valence-electron chi connectivity index (χ0n) is 16.9. The molecule has 0 aromatic heterocycles. The number of carbonyl (C=O) groups is 2. The molecule has 4 nitrogen and oxygen atoms in total. The number of unbranched alkanes of at least 4 members (excludes halogenated alkanes) is 5. The summed E-state index contributed by atoms with van der Waals surface area (Å²) in [5, 5.41) is 0.400. The highest BCUT2D eigenvalue weighted by Gasteiger charge is 2.12. The van der Waals surface area contributed by atoms with E-state index in [1.807, 2.05) is 19.9 Å². The van der Waals surface area contributed by atoms with Crippen molar-refractivity contribution in [1.82, 2.24) is 0 Å². The quantitative estimate of drug-likeness (QED) is 0.219. The van der Waals surface area contributed by atoms with Crippen LogP contribution in [0.25, 0.3) is 0 Å². The van der Waals surface area contributed by atoms with Crippen LogP contribution in [0.5, 0.6) is 5.75 Å². The van der Waals surface area contributed by atoms with Gasteiger partial charge in [0, 0.05) is 12.8 Å². The van der Waals surface area contributed by atoms with Crippen LogP contribution >= 0.6 is 11.6 Å². The molecule has 1 atom stereocenters. The Morgan fingerprint density at radius 3 is 2.41 bits per heavy atom. The minimum atomic E-state index is -0.393. The number of hydrogen-bond acceptors (Lipinski definition) is 4. The van der Waals surface area contributed by atoms with Gasteiger partial charge in [-0.15, -0.1) is 0 Å². The summed E-state index contributed by atoms with van der Waals surface area (Å²) in [6.07, 6.45) is 8.97. The molecule has 0 aliphatic carbocycles. The van der Waals surface area contributed by atoms with Crippen molar-refractivity contribution in [3.63, 3.8) is 0 Å². The molecule has 1 aromatic carbocycles. The van der Waals surface area contributed by atoms with Gasteiger partial charge in [-0.05, 0) is 50.8 Å². The van der Waals surface area contributed by atoms with E-state index in [1.165, 1.54) is 32.1 Å². The van der Waals surface area contributed by atoms with Crippen molar-refractivity contribution in [2.75, 3.05) is 0 Å². The molecule has 1 unspecified atom stereocenters. The molecular formula is C22H33ClO4. The summed E-state index contributed by atoms with van der Waals surface area (Å²) in [4.78, 5) is 23.8. The molecule has 0 saturated heterocycles. The van der Waals surface area contributed by atoms with E-state index in [0.717, 1.165) is 18.4 Å². The molecular weight excluding hydrogens is 364 g/mol. The van der Waals surface area contributed by atoms with Crippen molar-refractivity contribution >= 4 is 23.5 Å². The number of aryl methyl sites for hydroxylation is 1. The van der Waals surface area contributed by atoms with E-state index in [2.05, 4.69) is 6.92 Å². The van der Waals surface area contributed by atoms with Crippen molar-refractivity contribution in [3.8, 4) is 5.75 Å². The summed E-state index contributed by atoms with van der Waals surface area (Å²) in [5.41, 5.74) is 0.963. The zero-order valence-corrected chi connectivity index (χ0v) is 17.6. The topological polar surface area (TPSA) is 52.6 Å². The lowest BCUT2D eigenvalue weighted by atomic mass is 10.1. The van der Waals surface area contributed by atoms with Gasteiger partial charge in [0.05, 0.1) is 11.1 Å². The highest BCUT2D eigenvalue weighted by molar-refractivity contribution is 6.32. The lowest BCUT2D eigenvalue weighted by molar-refractivity contribution is -0.148. The predicted octanol–water partition coefficient (Wildman–Crippen LogP) is 6.41. The fraction of sp³-hybridized carbons (Fsp3) is 0.636. The number of benzene rings is 1. The maximum absolute atomic E-state index is 11.9. The maximum atomic E-state index is 11.9. The number of rotatable bonds is 13. The Morgan fingerprint density at radius 2 is 1.67 bits per heavy atom. The Balaban J connectivity index is 2.15. The molecule has 1 aromatic rings. The van der Waals surface area contributed by atoms with Crippen LogP contribution in [0.1, 0.15) is 83.6 Å². The van der Waals surface area contributed by atoms with Gasteiger partial charge in [-0.25, -0.2) is 0 Å². The van der Waals surface area contributed by atoms with Crippen LogP contribution in [-0.2, 0) is 14.3 Å². The van der Waals surface area contributed by atoms with Gasteiger partial charge in [0.2, 0.25) is 0 Å². The molecule has 0 aliphatic rings. The number of ether oxygens (including phenoxy) is 2. The third-order valence-electron chi connectivity index (χ3n) is 4.37. The lowest BCUT2D eigenvalue weighted by Gasteiger charge is -2.13. The summed E-state index contributed by atoms with van der Waals surface area (Å²) >= 11 is 6.01. The van der Waals surface area contributed by atoms with E-state index in [1.54, 1.807) is 12.1 Å². The number of hydrogen-bond donors (Lipinski definition) is 0. The second-order valence-electron chi connectivity index (χ2n) is 7.12. The first-order valence-corrected chi connectivity index (χ1v) is 10.5. The SMILES string of the molecule is CCCCCCCCC(C)OC(=O)CCCC(=O)Oc1cc(C)ccc1Cl. The number of halogens is 1. The van der Waals surface area contributed by atoms with Crippen LogP contribution in [0.3, 0.4) is 0 Å². The first-order chi connectivity index (χ1) is 12.9. The first-order valence-electron chi connectivity index (χ1n) is 10.1. The fourth-order valence-corrected chi connectivity index (χ4v) is 2.95. The molecule has 0 fully saturated rings. The molecule has 1 rings (SSSR count). The molecule has 0 radical (unpaired) electrons. The van der Waals surface area contributed by atoms with Crippen molar-refractivity contribution in [1.29, 1.82) is 0 Å². The van der Waals surface area contributed by atoms with E-state index >= 15 is 0 Å². The summed E-state index contributed by atoms with van der Waals surface area (Å²) in [6.45, 7) is 6.03. The first kappa shape index (κ1) is 23.5. The largest absolute Gasteiger partial charge is 0.463 e. The molecule has 0 heterocycles. The Labute approximate surface area is 168 Å². The van der Waals surface area contributed by atoms with Crippen LogP contribution in [-0.4, -0.2) is 18.0 Å². The van der Waals surface area contributed by atoms with Crippen LogP contribution in [0, 0.1) is 6.92 Å². The van der Waals surface area contributed by atoms with Crippen molar-refractivity contribution in [2.45, 2.75) is 91.1 Å². The molecule has 5 heteroatoms. The minimum Gasteiger partial charge on any atom is -0.463 e. The van der Waals surface area contributed by atoms with Gasteiger partial charge in [-0.2, -0.15) is 0 Å². The van der Waals surface area contributed by atoms with Gasteiger partial charge in [0.1, 0.15) is 5.75 Å². The molecule has 0 saturated carbocycles. The second kappa shape index (κ2) is 13.6. The average molecular weight is 397 g/mol. The van der Waals surface area contributed by atoms with E-state index in [9.17, 15) is 9.59 Å². The van der Waals surface area contributed by atoms with Gasteiger partial charge in [-0.1, -0.05) is 56.7 Å². The van der Waals surface area contributed by atoms with Crippen LogP contribution in [0.15, 0.2) is 18.2 Å². The van der Waals surface area contributed by atoms with Crippen molar-refractivity contribution in [3.05, 3.63) is 28.8 Å². The highest BCUT2D eigenvalue weighted by Crippen LogP contribution is 2.25. The summed E-state index contributed by atoms with van der Waals surface area (Å²) in [6, 6.07) is 5.27. The van der Waals surface area contributed by atoms with E-state index in [0.29, 0.717) is 17.2 Å². The highest BCUT2D eigenvalue weighted by atomic mass is 35.5. The average Bonchev–Trinajstić information content (AvgIpc) is 2.61. The molecule has 27 heavy (non-hydrogen) atoms. The molecule has 0 N–H and O–H groups in total. The smallest absolute Gasteiger partial charge is 0.311 e. The van der Waals surface area contributed by atoms with Crippen LogP contribution < -0.4 is 4.74 Å². The lowest BCUT2D eigenvalue weighted by Crippen LogP contribution is -2.15. The van der Waals surface area contributed by atoms with E-state index in [4.69, 9.17) is 21.1 Å². The summed E-state index contributed by atoms with van der Waals surface area (Å²) in [7, 11) is 0. The van der Waals surface area contributed by atoms with E-state index < -0.39 is 5.97 Å².